The Hall–Kier alpha value is -2.35. The average molecular weight is 357 g/mol. The fourth-order valence-corrected chi connectivity index (χ4v) is 4.17. The summed E-state index contributed by atoms with van der Waals surface area (Å²) in [7, 11) is -2.18. The van der Waals surface area contributed by atoms with Crippen molar-refractivity contribution in [1.29, 1.82) is 0 Å². The van der Waals surface area contributed by atoms with Gasteiger partial charge in [0.15, 0.2) is 0 Å². The molecule has 0 amide bonds. The maximum absolute atomic E-state index is 13.3. The number of aromatic nitrogens is 2. The number of nitrogens with zero attached hydrogens (tertiary/aromatic N) is 3. The molecular weight excluding hydrogens is 338 g/mol. The van der Waals surface area contributed by atoms with Crippen molar-refractivity contribution in [3.63, 3.8) is 0 Å². The molecule has 1 aromatic carbocycles. The van der Waals surface area contributed by atoms with Crippen molar-refractivity contribution in [2.45, 2.75) is 11.4 Å². The third kappa shape index (κ3) is 3.84. The van der Waals surface area contributed by atoms with Crippen molar-refractivity contribution < 1.29 is 13.2 Å². The van der Waals surface area contributed by atoms with Gasteiger partial charge in [-0.1, -0.05) is 18.2 Å². The number of pyridine rings is 2. The SMILES string of the molecule is COCCN(Cc1ccncc1)S(=O)(=O)c1cccc2cccnc12. The Balaban J connectivity index is 2.03. The van der Waals surface area contributed by atoms with Gasteiger partial charge in [0.2, 0.25) is 10.0 Å². The number of hydrogen-bond donors (Lipinski definition) is 0. The summed E-state index contributed by atoms with van der Waals surface area (Å²) in [6, 6.07) is 12.4. The highest BCUT2D eigenvalue weighted by molar-refractivity contribution is 7.89. The third-order valence-corrected chi connectivity index (χ3v) is 5.74. The Bertz CT molecular complexity index is 941. The number of hydrogen-bond acceptors (Lipinski definition) is 5. The summed E-state index contributed by atoms with van der Waals surface area (Å²) in [5.41, 5.74) is 1.34. The van der Waals surface area contributed by atoms with Crippen LogP contribution in [0.5, 0.6) is 0 Å². The van der Waals surface area contributed by atoms with Crippen LogP contribution in [0.1, 0.15) is 5.56 Å². The monoisotopic (exact) mass is 357 g/mol. The van der Waals surface area contributed by atoms with Gasteiger partial charge in [-0.05, 0) is 29.8 Å². The van der Waals surface area contributed by atoms with Crippen LogP contribution in [0.4, 0.5) is 0 Å². The number of fused-ring (bicyclic) bond motifs is 1. The molecule has 25 heavy (non-hydrogen) atoms. The molecule has 6 nitrogen and oxygen atoms in total. The Morgan fingerprint density at radius 3 is 2.56 bits per heavy atom. The van der Waals surface area contributed by atoms with E-state index >= 15 is 0 Å². The van der Waals surface area contributed by atoms with Crippen molar-refractivity contribution in [3.05, 3.63) is 66.6 Å². The van der Waals surface area contributed by atoms with Crippen LogP contribution in [-0.4, -0.2) is 43.0 Å². The van der Waals surface area contributed by atoms with Gasteiger partial charge in [0.05, 0.1) is 12.1 Å². The molecule has 0 aliphatic heterocycles. The summed E-state index contributed by atoms with van der Waals surface area (Å²) in [6.45, 7) is 0.810. The predicted molar refractivity (Wildman–Crippen MR) is 95.5 cm³/mol. The molecule has 0 saturated heterocycles. The number of benzene rings is 1. The van der Waals surface area contributed by atoms with E-state index in [9.17, 15) is 8.42 Å². The van der Waals surface area contributed by atoms with Gasteiger partial charge in [-0.2, -0.15) is 4.31 Å². The molecule has 0 fully saturated rings. The second-order valence-corrected chi connectivity index (χ2v) is 7.42. The van der Waals surface area contributed by atoms with E-state index in [-0.39, 0.29) is 18.0 Å². The van der Waals surface area contributed by atoms with E-state index < -0.39 is 10.0 Å². The Labute approximate surface area is 147 Å². The Morgan fingerprint density at radius 1 is 1.04 bits per heavy atom. The molecular formula is C18H19N3O3S. The lowest BCUT2D eigenvalue weighted by atomic mass is 10.2. The van der Waals surface area contributed by atoms with Crippen molar-refractivity contribution >= 4 is 20.9 Å². The van der Waals surface area contributed by atoms with Gasteiger partial charge in [0, 0.05) is 44.2 Å². The number of para-hydroxylation sites is 1. The van der Waals surface area contributed by atoms with Crippen LogP contribution >= 0.6 is 0 Å². The van der Waals surface area contributed by atoms with Crippen LogP contribution in [0.15, 0.2) is 66.0 Å². The maximum Gasteiger partial charge on any atom is 0.245 e. The second-order valence-electron chi connectivity index (χ2n) is 5.52. The molecule has 0 radical (unpaired) electrons. The first-order valence-electron chi connectivity index (χ1n) is 7.84. The van der Waals surface area contributed by atoms with E-state index in [2.05, 4.69) is 9.97 Å². The minimum absolute atomic E-state index is 0.204. The Kier molecular flexibility index (Phi) is 5.37. The quantitative estimate of drug-likeness (QED) is 0.649. The molecule has 0 spiro atoms. The first kappa shape index (κ1) is 17.5. The van der Waals surface area contributed by atoms with Crippen LogP contribution < -0.4 is 0 Å². The summed E-state index contributed by atoms with van der Waals surface area (Å²) in [4.78, 5) is 8.45. The van der Waals surface area contributed by atoms with E-state index in [1.807, 2.05) is 12.1 Å². The highest BCUT2D eigenvalue weighted by atomic mass is 32.2. The standard InChI is InChI=1S/C18H19N3O3S/c1-24-13-12-21(14-15-7-10-19-11-8-15)25(22,23)17-6-2-4-16-5-3-9-20-18(16)17/h2-11H,12-14H2,1H3. The second kappa shape index (κ2) is 7.69. The number of ether oxygens (including phenoxy) is 1. The van der Waals surface area contributed by atoms with E-state index in [0.29, 0.717) is 12.1 Å². The Morgan fingerprint density at radius 2 is 1.80 bits per heavy atom. The van der Waals surface area contributed by atoms with E-state index in [1.54, 1.807) is 56.0 Å². The minimum Gasteiger partial charge on any atom is -0.383 e. The zero-order valence-electron chi connectivity index (χ0n) is 13.9. The summed E-state index contributed by atoms with van der Waals surface area (Å²) in [5.74, 6) is 0. The van der Waals surface area contributed by atoms with Crippen molar-refractivity contribution in [1.82, 2.24) is 14.3 Å². The van der Waals surface area contributed by atoms with Crippen LogP contribution in [-0.2, 0) is 21.3 Å². The van der Waals surface area contributed by atoms with Gasteiger partial charge < -0.3 is 4.74 Å². The molecule has 2 heterocycles. The van der Waals surface area contributed by atoms with Crippen molar-refractivity contribution in [2.75, 3.05) is 20.3 Å². The highest BCUT2D eigenvalue weighted by Gasteiger charge is 2.26. The van der Waals surface area contributed by atoms with Gasteiger partial charge in [-0.15, -0.1) is 0 Å². The van der Waals surface area contributed by atoms with Crippen molar-refractivity contribution in [3.8, 4) is 0 Å². The molecule has 0 aliphatic rings. The molecule has 0 aliphatic carbocycles. The number of methoxy groups -OCH3 is 1. The first-order chi connectivity index (χ1) is 12.1. The molecule has 0 N–H and O–H groups in total. The number of sulfonamides is 1. The molecule has 0 bridgehead atoms. The van der Waals surface area contributed by atoms with Gasteiger partial charge in [-0.25, -0.2) is 8.42 Å². The zero-order valence-corrected chi connectivity index (χ0v) is 14.7. The van der Waals surface area contributed by atoms with Gasteiger partial charge in [0.25, 0.3) is 0 Å². The third-order valence-electron chi connectivity index (χ3n) is 3.87. The molecule has 3 aromatic rings. The molecule has 0 atom stereocenters. The highest BCUT2D eigenvalue weighted by Crippen LogP contribution is 2.25. The lowest BCUT2D eigenvalue weighted by molar-refractivity contribution is 0.177. The topological polar surface area (TPSA) is 72.4 Å². The van der Waals surface area contributed by atoms with Gasteiger partial charge >= 0.3 is 0 Å². The van der Waals surface area contributed by atoms with Crippen LogP contribution in [0.2, 0.25) is 0 Å². The average Bonchev–Trinajstić information content (AvgIpc) is 2.65. The smallest absolute Gasteiger partial charge is 0.245 e. The van der Waals surface area contributed by atoms with Crippen molar-refractivity contribution in [2.24, 2.45) is 0 Å². The maximum atomic E-state index is 13.3. The van der Waals surface area contributed by atoms with Gasteiger partial charge in [-0.3, -0.25) is 9.97 Å². The molecule has 130 valence electrons. The summed E-state index contributed by atoms with van der Waals surface area (Å²) >= 11 is 0. The van der Waals surface area contributed by atoms with Gasteiger partial charge in [0.1, 0.15) is 4.90 Å². The van der Waals surface area contributed by atoms with Crippen LogP contribution in [0.3, 0.4) is 0 Å². The molecule has 3 rings (SSSR count). The van der Waals surface area contributed by atoms with Crippen LogP contribution in [0.25, 0.3) is 10.9 Å². The summed E-state index contributed by atoms with van der Waals surface area (Å²) in [6.07, 6.45) is 4.90. The molecule has 2 aromatic heterocycles. The molecule has 0 unspecified atom stereocenters. The zero-order chi connectivity index (χ0) is 17.7. The summed E-state index contributed by atoms with van der Waals surface area (Å²) < 4.78 is 33.0. The minimum atomic E-state index is -3.73. The van der Waals surface area contributed by atoms with Crippen LogP contribution in [0, 0.1) is 0 Å². The first-order valence-corrected chi connectivity index (χ1v) is 9.28. The number of rotatable bonds is 7. The largest absolute Gasteiger partial charge is 0.383 e. The lowest BCUT2D eigenvalue weighted by Gasteiger charge is -2.22. The van der Waals surface area contributed by atoms with E-state index in [1.165, 1.54) is 4.31 Å². The molecule has 0 saturated carbocycles. The fraction of sp³-hybridized carbons (Fsp3) is 0.222. The lowest BCUT2D eigenvalue weighted by Crippen LogP contribution is -2.33. The fourth-order valence-electron chi connectivity index (χ4n) is 2.59. The summed E-state index contributed by atoms with van der Waals surface area (Å²) in [5, 5.41) is 0.791. The normalized spacial score (nSPS) is 11.9. The van der Waals surface area contributed by atoms with E-state index in [4.69, 9.17) is 4.74 Å². The predicted octanol–water partition coefficient (Wildman–Crippen LogP) is 2.47. The van der Waals surface area contributed by atoms with E-state index in [0.717, 1.165) is 10.9 Å². The molecule has 7 heteroatoms.